The lowest BCUT2D eigenvalue weighted by molar-refractivity contribution is -0.168. The van der Waals surface area contributed by atoms with Gasteiger partial charge in [0.15, 0.2) is 0 Å². The largest absolute Gasteiger partial charge is 0.496 e. The van der Waals surface area contributed by atoms with Crippen molar-refractivity contribution in [3.63, 3.8) is 0 Å². The van der Waals surface area contributed by atoms with Crippen LogP contribution in [0.5, 0.6) is 5.75 Å². The number of carbonyl (C=O) groups is 3. The molecule has 0 saturated heterocycles. The van der Waals surface area contributed by atoms with Crippen LogP contribution in [0.15, 0.2) is 18.2 Å². The van der Waals surface area contributed by atoms with E-state index >= 15 is 0 Å². The maximum atomic E-state index is 12.6. The van der Waals surface area contributed by atoms with Crippen LogP contribution in [0, 0.1) is 6.92 Å². The number of esters is 2. The molecule has 1 amide bonds. The van der Waals surface area contributed by atoms with Gasteiger partial charge in [-0.05, 0) is 38.0 Å². The molecule has 0 unspecified atom stereocenters. The molecule has 0 heterocycles. The summed E-state index contributed by atoms with van der Waals surface area (Å²) < 4.78 is 15.3. The smallest absolute Gasteiger partial charge is 0.344 e. The van der Waals surface area contributed by atoms with Crippen molar-refractivity contribution in [3.8, 4) is 5.75 Å². The Balaban J connectivity index is 3.36. The molecule has 0 fully saturated rings. The molecule has 0 radical (unpaired) electrons. The minimum atomic E-state index is -1.93. The Labute approximate surface area is 147 Å². The van der Waals surface area contributed by atoms with Crippen molar-refractivity contribution < 1.29 is 28.6 Å². The van der Waals surface area contributed by atoms with Gasteiger partial charge in [-0.25, -0.2) is 9.59 Å². The monoisotopic (exact) mass is 351 g/mol. The highest BCUT2D eigenvalue weighted by Gasteiger charge is 2.50. The third-order valence-electron chi connectivity index (χ3n) is 3.57. The van der Waals surface area contributed by atoms with E-state index in [2.05, 4.69) is 5.32 Å². The fraction of sp³-hybridized carbons (Fsp3) is 0.500. The Morgan fingerprint density at radius 3 is 2.04 bits per heavy atom. The van der Waals surface area contributed by atoms with Crippen LogP contribution in [-0.2, 0) is 30.3 Å². The van der Waals surface area contributed by atoms with Crippen LogP contribution >= 0.6 is 0 Å². The summed E-state index contributed by atoms with van der Waals surface area (Å²) in [5, 5.41) is 2.44. The number of hydrogen-bond donors (Lipinski definition) is 1. The first-order valence-electron chi connectivity index (χ1n) is 8.07. The summed E-state index contributed by atoms with van der Waals surface area (Å²) in [4.78, 5) is 36.8. The van der Waals surface area contributed by atoms with Crippen molar-refractivity contribution in [3.05, 3.63) is 29.3 Å². The molecule has 1 N–H and O–H groups in total. The number of carbonyl (C=O) groups excluding carboxylic acids is 3. The predicted molar refractivity (Wildman–Crippen MR) is 91.2 cm³/mol. The molecule has 7 heteroatoms. The van der Waals surface area contributed by atoms with E-state index in [0.717, 1.165) is 5.56 Å². The van der Waals surface area contributed by atoms with Gasteiger partial charge in [0, 0.05) is 13.3 Å². The fourth-order valence-electron chi connectivity index (χ4n) is 2.54. The predicted octanol–water partition coefficient (Wildman–Crippen LogP) is 1.55. The topological polar surface area (TPSA) is 90.9 Å². The van der Waals surface area contributed by atoms with Gasteiger partial charge in [0.1, 0.15) is 5.75 Å². The summed E-state index contributed by atoms with van der Waals surface area (Å²) in [5.41, 5.74) is -0.434. The molecular weight excluding hydrogens is 326 g/mol. The van der Waals surface area contributed by atoms with Crippen molar-refractivity contribution in [2.45, 2.75) is 39.7 Å². The van der Waals surface area contributed by atoms with Crippen LogP contribution in [0.2, 0.25) is 0 Å². The second-order valence-electron chi connectivity index (χ2n) is 5.51. The van der Waals surface area contributed by atoms with Crippen molar-refractivity contribution in [1.29, 1.82) is 0 Å². The number of rotatable bonds is 8. The summed E-state index contributed by atoms with van der Waals surface area (Å²) >= 11 is 0. The van der Waals surface area contributed by atoms with E-state index in [1.807, 2.05) is 6.92 Å². The number of ether oxygens (including phenoxy) is 3. The number of amides is 1. The normalized spacial score (nSPS) is 10.8. The van der Waals surface area contributed by atoms with E-state index in [1.54, 1.807) is 39.2 Å². The molecule has 0 aliphatic heterocycles. The third-order valence-corrected chi connectivity index (χ3v) is 3.57. The molecule has 0 aliphatic carbocycles. The minimum Gasteiger partial charge on any atom is -0.496 e. The van der Waals surface area contributed by atoms with Crippen molar-refractivity contribution in [2.24, 2.45) is 0 Å². The summed E-state index contributed by atoms with van der Waals surface area (Å²) in [6, 6.07) is 5.24. The molecule has 0 aliphatic rings. The van der Waals surface area contributed by atoms with Crippen LogP contribution in [0.1, 0.15) is 31.9 Å². The first kappa shape index (κ1) is 20.5. The molecule has 0 aromatic heterocycles. The summed E-state index contributed by atoms with van der Waals surface area (Å²) in [5.74, 6) is -1.55. The molecule has 0 saturated carbocycles. The Bertz CT molecular complexity index is 622. The Morgan fingerprint density at radius 2 is 1.64 bits per heavy atom. The van der Waals surface area contributed by atoms with Crippen LogP contribution in [0.4, 0.5) is 0 Å². The number of nitrogens with one attached hydrogen (secondary N) is 1. The van der Waals surface area contributed by atoms with Gasteiger partial charge in [0.25, 0.3) is 0 Å². The zero-order valence-electron chi connectivity index (χ0n) is 15.3. The zero-order valence-corrected chi connectivity index (χ0v) is 15.3. The highest BCUT2D eigenvalue weighted by Crippen LogP contribution is 2.24. The highest BCUT2D eigenvalue weighted by molar-refractivity contribution is 6.08. The maximum Gasteiger partial charge on any atom is 0.344 e. The lowest BCUT2D eigenvalue weighted by Crippen LogP contribution is -2.62. The second kappa shape index (κ2) is 9.05. The van der Waals surface area contributed by atoms with Crippen LogP contribution in [0.25, 0.3) is 0 Å². The molecule has 25 heavy (non-hydrogen) atoms. The van der Waals surface area contributed by atoms with Crippen molar-refractivity contribution in [2.75, 3.05) is 20.3 Å². The van der Waals surface area contributed by atoms with Crippen molar-refractivity contribution in [1.82, 2.24) is 5.32 Å². The van der Waals surface area contributed by atoms with E-state index in [9.17, 15) is 14.4 Å². The van der Waals surface area contributed by atoms with Crippen LogP contribution in [0.3, 0.4) is 0 Å². The molecule has 1 aromatic carbocycles. The summed E-state index contributed by atoms with van der Waals surface area (Å²) in [6.45, 7) is 6.46. The van der Waals surface area contributed by atoms with Gasteiger partial charge in [-0.2, -0.15) is 0 Å². The maximum absolute atomic E-state index is 12.6. The standard InChI is InChI=1S/C18H25NO6/c1-6-24-16(21)18(19-13(4)20,17(22)25-7-2)11-14-8-9-15(23-5)12(3)10-14/h8-10H,6-7,11H2,1-5H3,(H,19,20). The first-order chi connectivity index (χ1) is 11.8. The van der Waals surface area contributed by atoms with Gasteiger partial charge < -0.3 is 19.5 Å². The molecule has 0 bridgehead atoms. The molecule has 0 spiro atoms. The number of methoxy groups -OCH3 is 1. The third kappa shape index (κ3) is 4.95. The van der Waals surface area contributed by atoms with Gasteiger partial charge in [0.05, 0.1) is 20.3 Å². The summed E-state index contributed by atoms with van der Waals surface area (Å²) in [6.07, 6.45) is -0.0882. The average Bonchev–Trinajstić information content (AvgIpc) is 2.54. The zero-order chi connectivity index (χ0) is 19.0. The van der Waals surface area contributed by atoms with Gasteiger partial charge >= 0.3 is 11.9 Å². The van der Waals surface area contributed by atoms with Crippen molar-refractivity contribution >= 4 is 17.8 Å². The lowest BCUT2D eigenvalue weighted by atomic mass is 9.89. The van der Waals surface area contributed by atoms with Gasteiger partial charge in [-0.15, -0.1) is 0 Å². The molecule has 1 aromatic rings. The van der Waals surface area contributed by atoms with Crippen LogP contribution in [-0.4, -0.2) is 43.7 Å². The SMILES string of the molecule is CCOC(=O)C(Cc1ccc(OC)c(C)c1)(NC(C)=O)C(=O)OCC. The first-order valence-corrected chi connectivity index (χ1v) is 8.07. The average molecular weight is 351 g/mol. The molecule has 138 valence electrons. The molecule has 1 rings (SSSR count). The van der Waals surface area contributed by atoms with Gasteiger partial charge in [0.2, 0.25) is 11.4 Å². The Kier molecular flexibility index (Phi) is 7.42. The van der Waals surface area contributed by atoms with Crippen LogP contribution < -0.4 is 10.1 Å². The van der Waals surface area contributed by atoms with E-state index in [1.165, 1.54) is 6.92 Å². The molecular formula is C18H25NO6. The minimum absolute atomic E-state index is 0.0706. The van der Waals surface area contributed by atoms with E-state index in [0.29, 0.717) is 11.3 Å². The van der Waals surface area contributed by atoms with E-state index in [4.69, 9.17) is 14.2 Å². The number of benzene rings is 1. The molecule has 0 atom stereocenters. The molecule has 7 nitrogen and oxygen atoms in total. The fourth-order valence-corrected chi connectivity index (χ4v) is 2.54. The second-order valence-corrected chi connectivity index (χ2v) is 5.51. The Morgan fingerprint density at radius 1 is 1.08 bits per heavy atom. The van der Waals surface area contributed by atoms with E-state index < -0.39 is 23.4 Å². The lowest BCUT2D eigenvalue weighted by Gasteiger charge is -2.30. The van der Waals surface area contributed by atoms with E-state index in [-0.39, 0.29) is 19.6 Å². The number of aryl methyl sites for hydroxylation is 1. The quantitative estimate of drug-likeness (QED) is 0.564. The van der Waals surface area contributed by atoms with Gasteiger partial charge in [-0.1, -0.05) is 12.1 Å². The summed E-state index contributed by atoms with van der Waals surface area (Å²) in [7, 11) is 1.56. The highest BCUT2D eigenvalue weighted by atomic mass is 16.6. The Hall–Kier alpha value is -2.57. The van der Waals surface area contributed by atoms with Gasteiger partial charge in [-0.3, -0.25) is 4.79 Å². The number of hydrogen-bond acceptors (Lipinski definition) is 6.